The Kier molecular flexibility index (Phi) is 4.43. The molecule has 0 aliphatic heterocycles. The van der Waals surface area contributed by atoms with Gasteiger partial charge in [0.1, 0.15) is 5.82 Å². The number of halogens is 3. The first-order valence-electron chi connectivity index (χ1n) is 7.32. The molecule has 0 N–H and O–H groups in total. The van der Waals surface area contributed by atoms with E-state index < -0.39 is 22.1 Å². The zero-order chi connectivity index (χ0) is 18.2. The Hall–Kier alpha value is -2.54. The van der Waals surface area contributed by atoms with Gasteiger partial charge in [0.05, 0.1) is 10.6 Å². The molecule has 3 rings (SSSR count). The van der Waals surface area contributed by atoms with Crippen LogP contribution in [0.4, 0.5) is 13.2 Å². The van der Waals surface area contributed by atoms with Gasteiger partial charge in [-0.25, -0.2) is 21.6 Å². The number of hydrogen-bond acceptors (Lipinski definition) is 2. The normalized spacial score (nSPS) is 11.9. The van der Waals surface area contributed by atoms with Crippen LogP contribution >= 0.6 is 0 Å². The van der Waals surface area contributed by atoms with Gasteiger partial charge < -0.3 is 4.57 Å². The van der Waals surface area contributed by atoms with Crippen molar-refractivity contribution in [2.75, 3.05) is 6.26 Å². The second-order valence-corrected chi connectivity index (χ2v) is 7.62. The van der Waals surface area contributed by atoms with Gasteiger partial charge in [0, 0.05) is 23.7 Å². The standard InChI is InChI=1S/C18H14F3NO2S/c1-25(23,24)16-8-2-12(3-9-16)17-10-13(18(20)21)11-22(17)15-6-4-14(19)5-7-15/h2-11,18H,1H3. The molecule has 0 amide bonds. The van der Waals surface area contributed by atoms with Gasteiger partial charge in [-0.05, 0) is 48.0 Å². The molecule has 0 saturated heterocycles. The third-order valence-electron chi connectivity index (χ3n) is 3.78. The van der Waals surface area contributed by atoms with Crippen molar-refractivity contribution in [3.63, 3.8) is 0 Å². The third-order valence-corrected chi connectivity index (χ3v) is 4.90. The zero-order valence-corrected chi connectivity index (χ0v) is 14.0. The summed E-state index contributed by atoms with van der Waals surface area (Å²) in [6, 6.07) is 12.8. The highest BCUT2D eigenvalue weighted by atomic mass is 32.2. The lowest BCUT2D eigenvalue weighted by atomic mass is 10.1. The van der Waals surface area contributed by atoms with Crippen LogP contribution in [-0.2, 0) is 9.84 Å². The van der Waals surface area contributed by atoms with E-state index in [1.807, 2.05) is 0 Å². The van der Waals surface area contributed by atoms with Gasteiger partial charge in [0.2, 0.25) is 0 Å². The van der Waals surface area contributed by atoms with Crippen LogP contribution in [0.15, 0.2) is 65.7 Å². The highest BCUT2D eigenvalue weighted by Crippen LogP contribution is 2.31. The minimum Gasteiger partial charge on any atom is -0.316 e. The molecular formula is C18H14F3NO2S. The number of aromatic nitrogens is 1. The van der Waals surface area contributed by atoms with E-state index in [1.165, 1.54) is 53.2 Å². The van der Waals surface area contributed by atoms with E-state index in [-0.39, 0.29) is 10.5 Å². The van der Waals surface area contributed by atoms with Crippen LogP contribution in [0.25, 0.3) is 16.9 Å². The van der Waals surface area contributed by atoms with E-state index >= 15 is 0 Å². The highest BCUT2D eigenvalue weighted by Gasteiger charge is 2.16. The maximum absolute atomic E-state index is 13.1. The van der Waals surface area contributed by atoms with Crippen molar-refractivity contribution in [3.05, 3.63) is 72.2 Å². The molecule has 25 heavy (non-hydrogen) atoms. The minimum absolute atomic E-state index is 0.144. The number of benzene rings is 2. The Bertz CT molecular complexity index is 992. The lowest BCUT2D eigenvalue weighted by Crippen LogP contribution is -1.98. The molecule has 1 aromatic heterocycles. The molecule has 0 bridgehead atoms. The average molecular weight is 365 g/mol. The molecule has 7 heteroatoms. The number of sulfone groups is 1. The first kappa shape index (κ1) is 17.3. The monoisotopic (exact) mass is 365 g/mol. The Balaban J connectivity index is 2.13. The minimum atomic E-state index is -3.35. The van der Waals surface area contributed by atoms with E-state index in [4.69, 9.17) is 0 Å². The van der Waals surface area contributed by atoms with Gasteiger partial charge in [0.15, 0.2) is 9.84 Å². The van der Waals surface area contributed by atoms with E-state index in [0.717, 1.165) is 6.26 Å². The second kappa shape index (κ2) is 6.40. The van der Waals surface area contributed by atoms with Crippen molar-refractivity contribution in [3.8, 4) is 16.9 Å². The molecule has 3 nitrogen and oxygen atoms in total. The van der Waals surface area contributed by atoms with Gasteiger partial charge in [0.25, 0.3) is 6.43 Å². The zero-order valence-electron chi connectivity index (χ0n) is 13.2. The SMILES string of the molecule is CS(=O)(=O)c1ccc(-c2cc(C(F)F)cn2-c2ccc(F)cc2)cc1. The Morgan fingerprint density at radius 3 is 2.08 bits per heavy atom. The molecule has 0 fully saturated rings. The molecule has 130 valence electrons. The van der Waals surface area contributed by atoms with E-state index in [0.29, 0.717) is 16.9 Å². The van der Waals surface area contributed by atoms with Gasteiger partial charge in [-0.15, -0.1) is 0 Å². The van der Waals surface area contributed by atoms with Crippen molar-refractivity contribution in [1.82, 2.24) is 4.57 Å². The predicted molar refractivity (Wildman–Crippen MR) is 89.2 cm³/mol. The van der Waals surface area contributed by atoms with E-state index in [9.17, 15) is 21.6 Å². The molecule has 0 atom stereocenters. The van der Waals surface area contributed by atoms with E-state index in [1.54, 1.807) is 12.1 Å². The van der Waals surface area contributed by atoms with Crippen LogP contribution in [0.1, 0.15) is 12.0 Å². The summed E-state index contributed by atoms with van der Waals surface area (Å²) in [7, 11) is -3.35. The Labute approximate surface area is 143 Å². The average Bonchev–Trinajstić information content (AvgIpc) is 3.00. The number of nitrogens with zero attached hydrogens (tertiary/aromatic N) is 1. The lowest BCUT2D eigenvalue weighted by molar-refractivity contribution is 0.151. The fraction of sp³-hybridized carbons (Fsp3) is 0.111. The van der Waals surface area contributed by atoms with Crippen molar-refractivity contribution in [2.45, 2.75) is 11.3 Å². The summed E-state index contributed by atoms with van der Waals surface area (Å²) >= 11 is 0. The summed E-state index contributed by atoms with van der Waals surface area (Å²) in [5.41, 5.74) is 1.38. The molecule has 0 aliphatic rings. The van der Waals surface area contributed by atoms with Crippen LogP contribution in [0.2, 0.25) is 0 Å². The van der Waals surface area contributed by atoms with Gasteiger partial charge in [-0.1, -0.05) is 12.1 Å². The highest BCUT2D eigenvalue weighted by molar-refractivity contribution is 7.90. The van der Waals surface area contributed by atoms with Crippen LogP contribution in [0.3, 0.4) is 0 Å². The van der Waals surface area contributed by atoms with E-state index in [2.05, 4.69) is 0 Å². The molecule has 0 unspecified atom stereocenters. The smallest absolute Gasteiger partial charge is 0.265 e. The molecule has 0 aliphatic carbocycles. The van der Waals surface area contributed by atoms with Crippen LogP contribution in [0.5, 0.6) is 0 Å². The summed E-state index contributed by atoms with van der Waals surface area (Å²) in [6.07, 6.45) is -0.272. The van der Waals surface area contributed by atoms with Gasteiger partial charge in [-0.3, -0.25) is 0 Å². The summed E-state index contributed by atoms with van der Waals surface area (Å²) in [5.74, 6) is -0.427. The first-order valence-corrected chi connectivity index (χ1v) is 9.22. The molecule has 3 aromatic rings. The second-order valence-electron chi connectivity index (χ2n) is 5.60. The van der Waals surface area contributed by atoms with Crippen molar-refractivity contribution >= 4 is 9.84 Å². The van der Waals surface area contributed by atoms with Gasteiger partial charge >= 0.3 is 0 Å². The van der Waals surface area contributed by atoms with Crippen molar-refractivity contribution in [1.29, 1.82) is 0 Å². The van der Waals surface area contributed by atoms with Crippen molar-refractivity contribution < 1.29 is 21.6 Å². The van der Waals surface area contributed by atoms with Gasteiger partial charge in [-0.2, -0.15) is 0 Å². The van der Waals surface area contributed by atoms with Crippen LogP contribution in [0, 0.1) is 5.82 Å². The number of alkyl halides is 2. The lowest BCUT2D eigenvalue weighted by Gasteiger charge is -2.10. The molecule has 0 spiro atoms. The quantitative estimate of drug-likeness (QED) is 0.676. The molecule has 0 radical (unpaired) electrons. The fourth-order valence-electron chi connectivity index (χ4n) is 2.51. The summed E-state index contributed by atoms with van der Waals surface area (Å²) in [6.45, 7) is 0. The maximum Gasteiger partial charge on any atom is 0.265 e. The summed E-state index contributed by atoms with van der Waals surface area (Å²) < 4.78 is 64.0. The Morgan fingerprint density at radius 1 is 0.960 bits per heavy atom. The largest absolute Gasteiger partial charge is 0.316 e. The molecule has 0 saturated carbocycles. The molecule has 1 heterocycles. The fourth-order valence-corrected chi connectivity index (χ4v) is 3.14. The van der Waals surface area contributed by atoms with Crippen molar-refractivity contribution in [2.24, 2.45) is 0 Å². The number of hydrogen-bond donors (Lipinski definition) is 0. The first-order chi connectivity index (χ1) is 11.8. The third kappa shape index (κ3) is 3.61. The summed E-state index contributed by atoms with van der Waals surface area (Å²) in [5, 5.41) is 0. The molecular weight excluding hydrogens is 351 g/mol. The molecule has 2 aromatic carbocycles. The number of rotatable bonds is 4. The topological polar surface area (TPSA) is 39.1 Å². The van der Waals surface area contributed by atoms with Crippen LogP contribution < -0.4 is 0 Å². The maximum atomic E-state index is 13.1. The Morgan fingerprint density at radius 2 is 1.56 bits per heavy atom. The summed E-state index contributed by atoms with van der Waals surface area (Å²) in [4.78, 5) is 0.144. The predicted octanol–water partition coefficient (Wildman–Crippen LogP) is 4.62. The van der Waals surface area contributed by atoms with Crippen LogP contribution in [-0.4, -0.2) is 19.2 Å².